The van der Waals surface area contributed by atoms with Crippen LogP contribution in [-0.2, 0) is 6.42 Å². The molecule has 0 bridgehead atoms. The third-order valence-corrected chi connectivity index (χ3v) is 2.75. The number of benzene rings is 1. The van der Waals surface area contributed by atoms with Crippen molar-refractivity contribution in [3.63, 3.8) is 0 Å². The Bertz CT molecular complexity index is 348. The van der Waals surface area contributed by atoms with Gasteiger partial charge in [-0.1, -0.05) is 12.1 Å². The van der Waals surface area contributed by atoms with Gasteiger partial charge in [-0.15, -0.1) is 0 Å². The van der Waals surface area contributed by atoms with E-state index in [1.807, 2.05) is 26.0 Å². The smallest absolute Gasteiger partial charge is 0.121 e. The largest absolute Gasteiger partial charge is 0.507 e. The predicted octanol–water partition coefficient (Wildman–Crippen LogP) is 2.71. The van der Waals surface area contributed by atoms with Crippen LogP contribution >= 0.6 is 0 Å². The van der Waals surface area contributed by atoms with Crippen LogP contribution in [0, 0.1) is 13.8 Å². The first-order chi connectivity index (χ1) is 6.81. The zero-order valence-electron chi connectivity index (χ0n) is 9.96. The number of rotatable bonds is 3. The maximum Gasteiger partial charge on any atom is 0.121 e. The van der Waals surface area contributed by atoms with Crippen LogP contribution in [0.1, 0.15) is 37.0 Å². The standard InChI is InChI=1S/C13H20O2/c1-9-5-6-11(10(2)12(9)14)7-8-13(3,4)15/h5-6,14-15H,7-8H2,1-4H3. The van der Waals surface area contributed by atoms with E-state index in [-0.39, 0.29) is 0 Å². The van der Waals surface area contributed by atoms with E-state index in [2.05, 4.69) is 0 Å². The molecule has 0 aliphatic heterocycles. The number of aromatic hydroxyl groups is 1. The van der Waals surface area contributed by atoms with Gasteiger partial charge in [-0.2, -0.15) is 0 Å². The van der Waals surface area contributed by atoms with Crippen molar-refractivity contribution >= 4 is 0 Å². The van der Waals surface area contributed by atoms with Crippen LogP contribution < -0.4 is 0 Å². The van der Waals surface area contributed by atoms with Gasteiger partial charge >= 0.3 is 0 Å². The highest BCUT2D eigenvalue weighted by atomic mass is 16.3. The first-order valence-corrected chi connectivity index (χ1v) is 5.32. The Balaban J connectivity index is 2.83. The Morgan fingerprint density at radius 2 is 1.80 bits per heavy atom. The highest BCUT2D eigenvalue weighted by Gasteiger charge is 2.14. The van der Waals surface area contributed by atoms with E-state index in [1.165, 1.54) is 0 Å². The molecule has 0 radical (unpaired) electrons. The maximum absolute atomic E-state index is 9.75. The average Bonchev–Trinajstić information content (AvgIpc) is 2.12. The molecule has 1 aromatic carbocycles. The summed E-state index contributed by atoms with van der Waals surface area (Å²) in [4.78, 5) is 0. The van der Waals surface area contributed by atoms with E-state index in [9.17, 15) is 10.2 Å². The molecule has 0 atom stereocenters. The van der Waals surface area contributed by atoms with E-state index >= 15 is 0 Å². The van der Waals surface area contributed by atoms with E-state index in [0.717, 1.165) is 23.1 Å². The second kappa shape index (κ2) is 4.23. The van der Waals surface area contributed by atoms with Crippen molar-refractivity contribution in [1.82, 2.24) is 0 Å². The van der Waals surface area contributed by atoms with Gasteiger partial charge in [0.25, 0.3) is 0 Å². The molecule has 0 aliphatic rings. The van der Waals surface area contributed by atoms with Gasteiger partial charge in [0.1, 0.15) is 5.75 Å². The van der Waals surface area contributed by atoms with Crippen LogP contribution in [0.5, 0.6) is 5.75 Å². The Morgan fingerprint density at radius 3 is 2.33 bits per heavy atom. The van der Waals surface area contributed by atoms with E-state index < -0.39 is 5.60 Å². The zero-order valence-corrected chi connectivity index (χ0v) is 9.96. The van der Waals surface area contributed by atoms with Gasteiger partial charge in [0, 0.05) is 0 Å². The molecule has 0 aromatic heterocycles. The van der Waals surface area contributed by atoms with Crippen molar-refractivity contribution in [3.8, 4) is 5.75 Å². The van der Waals surface area contributed by atoms with Crippen LogP contribution in [0.25, 0.3) is 0 Å². The van der Waals surface area contributed by atoms with Crippen LogP contribution in [0.15, 0.2) is 12.1 Å². The second-order valence-electron chi connectivity index (χ2n) is 4.83. The molecular formula is C13H20O2. The predicted molar refractivity (Wildman–Crippen MR) is 62.2 cm³/mol. The van der Waals surface area contributed by atoms with Crippen LogP contribution in [0.4, 0.5) is 0 Å². The summed E-state index contributed by atoms with van der Waals surface area (Å²) in [6.07, 6.45) is 1.50. The fraction of sp³-hybridized carbons (Fsp3) is 0.538. The molecule has 0 fully saturated rings. The van der Waals surface area contributed by atoms with Gasteiger partial charge in [0.05, 0.1) is 5.60 Å². The Morgan fingerprint density at radius 1 is 1.20 bits per heavy atom. The lowest BCUT2D eigenvalue weighted by atomic mass is 9.95. The topological polar surface area (TPSA) is 40.5 Å². The van der Waals surface area contributed by atoms with Gasteiger partial charge in [-0.3, -0.25) is 0 Å². The number of hydrogen-bond acceptors (Lipinski definition) is 2. The number of phenols is 1. The van der Waals surface area contributed by atoms with Crippen LogP contribution in [-0.4, -0.2) is 15.8 Å². The number of aryl methyl sites for hydroxylation is 2. The lowest BCUT2D eigenvalue weighted by Crippen LogP contribution is -2.19. The van der Waals surface area contributed by atoms with E-state index in [4.69, 9.17) is 0 Å². The summed E-state index contributed by atoms with van der Waals surface area (Å²) >= 11 is 0. The first-order valence-electron chi connectivity index (χ1n) is 5.32. The maximum atomic E-state index is 9.75. The minimum atomic E-state index is -0.646. The monoisotopic (exact) mass is 208 g/mol. The molecule has 1 aromatic rings. The van der Waals surface area contributed by atoms with E-state index in [1.54, 1.807) is 13.8 Å². The number of phenolic OH excluding ortho intramolecular Hbond substituents is 1. The molecule has 0 spiro atoms. The molecule has 15 heavy (non-hydrogen) atoms. The fourth-order valence-electron chi connectivity index (χ4n) is 1.59. The Hall–Kier alpha value is -1.02. The molecule has 0 saturated carbocycles. The molecule has 0 aliphatic carbocycles. The quantitative estimate of drug-likeness (QED) is 0.801. The summed E-state index contributed by atoms with van der Waals surface area (Å²) in [6.45, 7) is 7.41. The lowest BCUT2D eigenvalue weighted by Gasteiger charge is -2.18. The molecule has 0 amide bonds. The molecule has 84 valence electrons. The summed E-state index contributed by atoms with van der Waals surface area (Å²) in [5, 5.41) is 19.4. The molecule has 2 nitrogen and oxygen atoms in total. The van der Waals surface area contributed by atoms with Crippen molar-refractivity contribution in [2.24, 2.45) is 0 Å². The van der Waals surface area contributed by atoms with Gasteiger partial charge in [-0.05, 0) is 57.2 Å². The van der Waals surface area contributed by atoms with Crippen molar-refractivity contribution in [2.75, 3.05) is 0 Å². The molecule has 2 N–H and O–H groups in total. The summed E-state index contributed by atoms with van der Waals surface area (Å²) in [5.74, 6) is 0.378. The fourth-order valence-corrected chi connectivity index (χ4v) is 1.59. The van der Waals surface area contributed by atoms with Crippen LogP contribution in [0.2, 0.25) is 0 Å². The number of aliphatic hydroxyl groups is 1. The zero-order chi connectivity index (χ0) is 11.6. The summed E-state index contributed by atoms with van der Waals surface area (Å²) < 4.78 is 0. The van der Waals surface area contributed by atoms with E-state index in [0.29, 0.717) is 12.2 Å². The minimum Gasteiger partial charge on any atom is -0.507 e. The number of hydrogen-bond donors (Lipinski definition) is 2. The third kappa shape index (κ3) is 3.24. The van der Waals surface area contributed by atoms with Gasteiger partial charge < -0.3 is 10.2 Å². The summed E-state index contributed by atoms with van der Waals surface area (Å²) in [6, 6.07) is 3.94. The van der Waals surface area contributed by atoms with Gasteiger partial charge in [0.15, 0.2) is 0 Å². The van der Waals surface area contributed by atoms with Crippen molar-refractivity contribution in [1.29, 1.82) is 0 Å². The third-order valence-electron chi connectivity index (χ3n) is 2.75. The first kappa shape index (κ1) is 12.1. The molecule has 1 rings (SSSR count). The highest BCUT2D eigenvalue weighted by molar-refractivity contribution is 5.44. The van der Waals surface area contributed by atoms with Crippen molar-refractivity contribution < 1.29 is 10.2 Å². The van der Waals surface area contributed by atoms with Crippen LogP contribution in [0.3, 0.4) is 0 Å². The van der Waals surface area contributed by atoms with Crippen molar-refractivity contribution in [3.05, 3.63) is 28.8 Å². The molecular weight excluding hydrogens is 188 g/mol. The summed E-state index contributed by atoms with van der Waals surface area (Å²) in [5.41, 5.74) is 2.30. The normalized spacial score (nSPS) is 11.8. The Kier molecular flexibility index (Phi) is 3.40. The van der Waals surface area contributed by atoms with Gasteiger partial charge in [-0.25, -0.2) is 0 Å². The van der Waals surface area contributed by atoms with Crippen molar-refractivity contribution in [2.45, 2.75) is 46.1 Å². The second-order valence-corrected chi connectivity index (χ2v) is 4.83. The molecule has 0 saturated heterocycles. The SMILES string of the molecule is Cc1ccc(CCC(C)(C)O)c(C)c1O. The average molecular weight is 208 g/mol. The van der Waals surface area contributed by atoms with Gasteiger partial charge in [0.2, 0.25) is 0 Å². The Labute approximate surface area is 91.6 Å². The lowest BCUT2D eigenvalue weighted by molar-refractivity contribution is 0.0713. The molecule has 2 heteroatoms. The minimum absolute atomic E-state index is 0.378. The molecule has 0 unspecified atom stereocenters. The molecule has 0 heterocycles. The summed E-state index contributed by atoms with van der Waals surface area (Å²) in [7, 11) is 0. The highest BCUT2D eigenvalue weighted by Crippen LogP contribution is 2.26.